The topological polar surface area (TPSA) is 175 Å². The van der Waals surface area contributed by atoms with Crippen LogP contribution in [0.3, 0.4) is 0 Å². The van der Waals surface area contributed by atoms with Gasteiger partial charge in [0.1, 0.15) is 23.9 Å². The van der Waals surface area contributed by atoms with Gasteiger partial charge < -0.3 is 35.9 Å². The number of nitrogens with two attached hydrogens (primary N) is 1. The minimum Gasteiger partial charge on any atom is -0.453 e. The van der Waals surface area contributed by atoms with E-state index >= 15 is 0 Å². The summed E-state index contributed by atoms with van der Waals surface area (Å²) >= 11 is 0. The highest BCUT2D eigenvalue weighted by Crippen LogP contribution is 2.29. The molecule has 0 aromatic carbocycles. The fourth-order valence-corrected chi connectivity index (χ4v) is 4.21. The van der Waals surface area contributed by atoms with Gasteiger partial charge in [-0.25, -0.2) is 14.8 Å². The highest BCUT2D eigenvalue weighted by Gasteiger charge is 2.32. The van der Waals surface area contributed by atoms with Crippen LogP contribution in [0, 0.1) is 11.8 Å². The number of aromatic amines is 1. The van der Waals surface area contributed by atoms with Crippen molar-refractivity contribution in [3.05, 3.63) is 30.0 Å². The summed E-state index contributed by atoms with van der Waals surface area (Å²) in [6, 6.07) is -0.523. The molecule has 1 aromatic heterocycles. The molecule has 36 heavy (non-hydrogen) atoms. The number of amidine groups is 1. The van der Waals surface area contributed by atoms with Crippen molar-refractivity contribution >= 4 is 30.2 Å². The van der Waals surface area contributed by atoms with Crippen LogP contribution >= 0.6 is 0 Å². The van der Waals surface area contributed by atoms with Crippen molar-refractivity contribution in [1.29, 1.82) is 0 Å². The van der Waals surface area contributed by atoms with Crippen molar-refractivity contribution in [3.63, 3.8) is 0 Å². The fourth-order valence-electron chi connectivity index (χ4n) is 4.21. The Balaban J connectivity index is 1.55. The lowest BCUT2D eigenvalue weighted by molar-refractivity contribution is -0.131. The number of rotatable bonds is 8. The number of carbonyl (C=O) groups excluding carboxylic acids is 4. The Hall–Kier alpha value is -4.34. The number of alkyl carbamates (subject to hydrolysis) is 1. The van der Waals surface area contributed by atoms with E-state index in [0.29, 0.717) is 43.3 Å². The molecule has 4 amide bonds. The standard InChI is InChI=1S/C23H30N8O5/c1-36-23(35)28-14-20(34)31-11-5-8-18(31)22-27-12-16(29-22)6-2-3-9-26-21(24)17-7-4-10-30(17)19(33)13-25-15-32/h3,9,12,15,17-18H,4-5,7-8,10-11,13-14H2,1H3,(H2,24,26)(H,25,32)(H,27,29)(H,28,35)/b9-3+/t17-,18-/m0/s1. The SMILES string of the molecule is COC(=O)NCC(=O)N1CCC[C@H]1c1ncc(C#C/C=C/N=C(\N)[C@@H]2CCCN2C(=O)CNC=O)[nH]1. The zero-order chi connectivity index (χ0) is 25.9. The van der Waals surface area contributed by atoms with Gasteiger partial charge in [-0.1, -0.05) is 5.92 Å². The second-order valence-corrected chi connectivity index (χ2v) is 8.16. The summed E-state index contributed by atoms with van der Waals surface area (Å²) in [6.45, 7) is 0.927. The minimum atomic E-state index is -0.658. The summed E-state index contributed by atoms with van der Waals surface area (Å²) in [5.74, 6) is 6.29. The highest BCUT2D eigenvalue weighted by atomic mass is 16.5. The molecule has 192 valence electrons. The number of aliphatic imine (C=N–C) groups is 1. The Bertz CT molecular complexity index is 1090. The van der Waals surface area contributed by atoms with Gasteiger partial charge in [0.25, 0.3) is 0 Å². The van der Waals surface area contributed by atoms with E-state index in [1.165, 1.54) is 19.4 Å². The predicted molar refractivity (Wildman–Crippen MR) is 129 cm³/mol. The number of hydrogen-bond acceptors (Lipinski definition) is 7. The summed E-state index contributed by atoms with van der Waals surface area (Å²) in [6.07, 6.45) is 7.52. The molecule has 5 N–H and O–H groups in total. The molecule has 2 aliphatic rings. The largest absolute Gasteiger partial charge is 0.453 e. The highest BCUT2D eigenvalue weighted by molar-refractivity contribution is 5.92. The third-order valence-electron chi connectivity index (χ3n) is 5.89. The molecular formula is C23H30N8O5. The Kier molecular flexibility index (Phi) is 9.44. The number of H-pyrrole nitrogens is 1. The molecule has 0 saturated carbocycles. The Morgan fingerprint density at radius 2 is 2.00 bits per heavy atom. The molecule has 2 fully saturated rings. The predicted octanol–water partition coefficient (Wildman–Crippen LogP) is -0.611. The van der Waals surface area contributed by atoms with E-state index in [-0.39, 0.29) is 37.0 Å². The second-order valence-electron chi connectivity index (χ2n) is 8.16. The van der Waals surface area contributed by atoms with Gasteiger partial charge in [-0.2, -0.15) is 0 Å². The lowest BCUT2D eigenvalue weighted by Crippen LogP contribution is -2.46. The smallest absolute Gasteiger partial charge is 0.407 e. The molecular weight excluding hydrogens is 468 g/mol. The Morgan fingerprint density at radius 1 is 1.25 bits per heavy atom. The van der Waals surface area contributed by atoms with Crippen molar-refractivity contribution in [3.8, 4) is 11.8 Å². The second kappa shape index (κ2) is 12.9. The van der Waals surface area contributed by atoms with E-state index in [1.807, 2.05) is 0 Å². The summed E-state index contributed by atoms with van der Waals surface area (Å²) in [4.78, 5) is 61.3. The lowest BCUT2D eigenvalue weighted by atomic mass is 10.2. The van der Waals surface area contributed by atoms with Crippen LogP contribution in [0.1, 0.15) is 43.2 Å². The summed E-state index contributed by atoms with van der Waals surface area (Å²) < 4.78 is 4.50. The molecule has 0 radical (unpaired) electrons. The fraction of sp³-hybridized carbons (Fsp3) is 0.478. The number of nitrogens with one attached hydrogen (secondary N) is 3. The van der Waals surface area contributed by atoms with E-state index in [1.54, 1.807) is 16.0 Å². The Morgan fingerprint density at radius 3 is 2.78 bits per heavy atom. The number of amides is 4. The van der Waals surface area contributed by atoms with Crippen LogP contribution in [-0.2, 0) is 19.1 Å². The first kappa shape index (κ1) is 26.3. The molecule has 13 heteroatoms. The van der Waals surface area contributed by atoms with Crippen molar-refractivity contribution in [1.82, 2.24) is 30.4 Å². The summed E-state index contributed by atoms with van der Waals surface area (Å²) in [7, 11) is 1.24. The van der Waals surface area contributed by atoms with Crippen molar-refractivity contribution in [2.75, 3.05) is 33.3 Å². The van der Waals surface area contributed by atoms with Crippen LogP contribution in [-0.4, -0.2) is 89.3 Å². The van der Waals surface area contributed by atoms with E-state index in [9.17, 15) is 19.2 Å². The average molecular weight is 499 g/mol. The van der Waals surface area contributed by atoms with Gasteiger partial charge in [-0.3, -0.25) is 14.4 Å². The quantitative estimate of drug-likeness (QED) is 0.160. The minimum absolute atomic E-state index is 0.0715. The maximum Gasteiger partial charge on any atom is 0.407 e. The van der Waals surface area contributed by atoms with Crippen molar-refractivity contribution < 1.29 is 23.9 Å². The first-order valence-corrected chi connectivity index (χ1v) is 11.6. The van der Waals surface area contributed by atoms with E-state index in [4.69, 9.17) is 5.73 Å². The maximum atomic E-state index is 12.5. The molecule has 2 saturated heterocycles. The van der Waals surface area contributed by atoms with Crippen LogP contribution in [0.4, 0.5) is 4.79 Å². The van der Waals surface area contributed by atoms with Gasteiger partial charge in [0, 0.05) is 25.4 Å². The van der Waals surface area contributed by atoms with Crippen LogP contribution in [0.25, 0.3) is 0 Å². The third kappa shape index (κ3) is 6.84. The number of hydrogen-bond donors (Lipinski definition) is 4. The molecule has 13 nitrogen and oxygen atoms in total. The van der Waals surface area contributed by atoms with Crippen LogP contribution < -0.4 is 16.4 Å². The van der Waals surface area contributed by atoms with Crippen molar-refractivity contribution in [2.24, 2.45) is 10.7 Å². The first-order chi connectivity index (χ1) is 17.4. The third-order valence-corrected chi connectivity index (χ3v) is 5.89. The van der Waals surface area contributed by atoms with Gasteiger partial charge >= 0.3 is 6.09 Å². The van der Waals surface area contributed by atoms with E-state index in [0.717, 1.165) is 19.3 Å². The van der Waals surface area contributed by atoms with Gasteiger partial charge in [0.2, 0.25) is 18.2 Å². The number of imidazole rings is 1. The maximum absolute atomic E-state index is 12.5. The molecule has 3 heterocycles. The van der Waals surface area contributed by atoms with Gasteiger partial charge in [0.15, 0.2) is 0 Å². The molecule has 0 aliphatic carbocycles. The molecule has 2 aliphatic heterocycles. The summed E-state index contributed by atoms with van der Waals surface area (Å²) in [5, 5.41) is 4.77. The number of likely N-dealkylation sites (tertiary alicyclic amines) is 2. The van der Waals surface area contributed by atoms with Crippen molar-refractivity contribution in [2.45, 2.75) is 37.8 Å². The molecule has 0 spiro atoms. The summed E-state index contributed by atoms with van der Waals surface area (Å²) in [5.41, 5.74) is 6.65. The molecule has 0 bridgehead atoms. The van der Waals surface area contributed by atoms with Gasteiger partial charge in [0.05, 0.1) is 31.9 Å². The normalized spacial score (nSPS) is 19.6. The Labute approximate surface area is 208 Å². The monoisotopic (exact) mass is 498 g/mol. The number of methoxy groups -OCH3 is 1. The number of nitrogens with zero attached hydrogens (tertiary/aromatic N) is 4. The molecule has 0 unspecified atom stereocenters. The zero-order valence-corrected chi connectivity index (χ0v) is 20.0. The molecule has 2 atom stereocenters. The molecule has 3 rings (SSSR count). The lowest BCUT2D eigenvalue weighted by Gasteiger charge is -2.23. The van der Waals surface area contributed by atoms with Crippen LogP contribution in [0.2, 0.25) is 0 Å². The zero-order valence-electron chi connectivity index (χ0n) is 20.0. The average Bonchev–Trinajstić information content (AvgIpc) is 3.65. The number of ether oxygens (including phenoxy) is 1. The van der Waals surface area contributed by atoms with Crippen LogP contribution in [0.5, 0.6) is 0 Å². The van der Waals surface area contributed by atoms with E-state index in [2.05, 4.69) is 42.2 Å². The van der Waals surface area contributed by atoms with Crippen LogP contribution in [0.15, 0.2) is 23.5 Å². The number of carbonyl (C=O) groups is 4. The number of aromatic nitrogens is 2. The van der Waals surface area contributed by atoms with Gasteiger partial charge in [-0.05, 0) is 31.6 Å². The molecule has 1 aromatic rings. The number of allylic oxidation sites excluding steroid dienone is 1. The van der Waals surface area contributed by atoms with Gasteiger partial charge in [-0.15, -0.1) is 0 Å². The van der Waals surface area contributed by atoms with E-state index < -0.39 is 6.09 Å². The first-order valence-electron chi connectivity index (χ1n) is 11.6.